The smallest absolute Gasteiger partial charge is 0.127 e. The molecular weight excluding hydrogens is 332 g/mol. The van der Waals surface area contributed by atoms with Crippen LogP contribution >= 0.6 is 0 Å². The van der Waals surface area contributed by atoms with E-state index in [1.807, 2.05) is 36.4 Å². The van der Waals surface area contributed by atoms with Gasteiger partial charge in [0.2, 0.25) is 0 Å². The Hall–Kier alpha value is -1.30. The second-order valence-electron chi connectivity index (χ2n) is 6.95. The lowest BCUT2D eigenvalue weighted by Crippen LogP contribution is -2.63. The van der Waals surface area contributed by atoms with Crippen LogP contribution in [0.4, 0.5) is 0 Å². The minimum Gasteiger partial charge on any atom is -0.487 e. The van der Waals surface area contributed by atoms with Crippen molar-refractivity contribution in [3.05, 3.63) is 42.0 Å². The fraction of sp³-hybridized carbons (Fsp3) is 0.444. The van der Waals surface area contributed by atoms with Crippen LogP contribution in [-0.2, 0) is 11.2 Å². The van der Waals surface area contributed by atoms with Gasteiger partial charge in [0.1, 0.15) is 27.5 Å². The third-order valence-corrected chi connectivity index (χ3v) is 4.64. The summed E-state index contributed by atoms with van der Waals surface area (Å²) in [5.41, 5.74) is -1.27. The zero-order valence-corrected chi connectivity index (χ0v) is 15.2. The van der Waals surface area contributed by atoms with Gasteiger partial charge in [-0.15, -0.1) is 0 Å². The number of rotatable bonds is 7. The molecule has 9 heteroatoms. The second-order valence-corrected chi connectivity index (χ2v) is 6.95. The maximum atomic E-state index is 9.95. The summed E-state index contributed by atoms with van der Waals surface area (Å²) in [5.74, 6) is 0.778. The van der Waals surface area contributed by atoms with Gasteiger partial charge in [-0.3, -0.25) is 0 Å². The van der Waals surface area contributed by atoms with E-state index >= 15 is 0 Å². The summed E-state index contributed by atoms with van der Waals surface area (Å²) in [6.07, 6.45) is 1.33. The zero-order valence-electron chi connectivity index (χ0n) is 15.2. The Balaban J connectivity index is 1.89. The molecule has 0 saturated carbocycles. The Bertz CT molecular complexity index is 765. The Labute approximate surface area is 167 Å². The molecule has 1 aliphatic rings. The molecule has 1 heterocycles. The average molecular weight is 350 g/mol. The van der Waals surface area contributed by atoms with Gasteiger partial charge in [0.25, 0.3) is 0 Å². The van der Waals surface area contributed by atoms with Crippen molar-refractivity contribution in [3.63, 3.8) is 0 Å². The number of nitrogens with zero attached hydrogens (tertiary/aromatic N) is 1. The molecule has 0 aromatic heterocycles. The SMILES string of the molecule is [B]C([B])([B])N(CCc1cccc2cccc(O[C@H]3CCOC3)c12)C([B])([B])O. The first-order valence-electron chi connectivity index (χ1n) is 8.86. The molecule has 0 aliphatic carbocycles. The number of ether oxygens (including phenoxy) is 2. The van der Waals surface area contributed by atoms with E-state index in [0.29, 0.717) is 19.6 Å². The number of hydrogen-bond donors (Lipinski definition) is 1. The molecule has 0 bridgehead atoms. The van der Waals surface area contributed by atoms with Gasteiger partial charge in [-0.05, 0) is 23.4 Å². The van der Waals surface area contributed by atoms with Gasteiger partial charge in [-0.1, -0.05) is 35.6 Å². The normalized spacial score (nSPS) is 18.2. The molecule has 1 aliphatic heterocycles. The van der Waals surface area contributed by atoms with Gasteiger partial charge in [-0.2, -0.15) is 0 Å². The van der Waals surface area contributed by atoms with E-state index in [2.05, 4.69) is 0 Å². The fourth-order valence-corrected chi connectivity index (χ4v) is 3.39. The summed E-state index contributed by atoms with van der Waals surface area (Å²) in [7, 11) is 28.2. The van der Waals surface area contributed by atoms with Crippen molar-refractivity contribution in [1.29, 1.82) is 0 Å². The van der Waals surface area contributed by atoms with Crippen LogP contribution in [0.1, 0.15) is 12.0 Å². The number of fused-ring (bicyclic) bond motifs is 1. The van der Waals surface area contributed by atoms with Crippen molar-refractivity contribution < 1.29 is 14.6 Å². The third-order valence-electron chi connectivity index (χ3n) is 4.64. The van der Waals surface area contributed by atoms with Gasteiger partial charge in [0, 0.05) is 23.9 Å². The highest BCUT2D eigenvalue weighted by Gasteiger charge is 2.30. The Morgan fingerprint density at radius 1 is 1.11 bits per heavy atom. The van der Waals surface area contributed by atoms with Gasteiger partial charge in [0.15, 0.2) is 0 Å². The summed E-state index contributed by atoms with van der Waals surface area (Å²) in [6, 6.07) is 11.8. The van der Waals surface area contributed by atoms with Crippen molar-refractivity contribution in [2.45, 2.75) is 29.7 Å². The summed E-state index contributed by atoms with van der Waals surface area (Å²) >= 11 is 0. The number of hydrogen-bond acceptors (Lipinski definition) is 4. The van der Waals surface area contributed by atoms with Gasteiger partial charge in [0.05, 0.1) is 36.8 Å². The first-order chi connectivity index (χ1) is 12.7. The Morgan fingerprint density at radius 3 is 2.41 bits per heavy atom. The molecule has 3 rings (SSSR count). The summed E-state index contributed by atoms with van der Waals surface area (Å²) in [4.78, 5) is 1.03. The lowest BCUT2D eigenvalue weighted by molar-refractivity contribution is 0.0285. The highest BCUT2D eigenvalue weighted by Crippen LogP contribution is 2.31. The van der Waals surface area contributed by atoms with Gasteiger partial charge in [-0.25, -0.2) is 0 Å². The van der Waals surface area contributed by atoms with Crippen molar-refractivity contribution in [3.8, 4) is 5.75 Å². The monoisotopic (exact) mass is 351 g/mol. The molecule has 0 spiro atoms. The first kappa shape index (κ1) is 20.4. The molecule has 2 aromatic rings. The highest BCUT2D eigenvalue weighted by molar-refractivity contribution is 6.59. The Kier molecular flexibility index (Phi) is 6.04. The maximum absolute atomic E-state index is 9.95. The van der Waals surface area contributed by atoms with Crippen molar-refractivity contribution in [2.75, 3.05) is 19.8 Å². The quantitative estimate of drug-likeness (QED) is 0.560. The van der Waals surface area contributed by atoms with Crippen molar-refractivity contribution >= 4 is 50.0 Å². The van der Waals surface area contributed by atoms with E-state index in [9.17, 15) is 5.11 Å². The summed E-state index contributed by atoms with van der Waals surface area (Å²) in [6.45, 7) is 1.43. The van der Waals surface area contributed by atoms with Crippen LogP contribution in [0.3, 0.4) is 0 Å². The number of benzene rings is 2. The predicted molar refractivity (Wildman–Crippen MR) is 111 cm³/mol. The predicted octanol–water partition coefficient (Wildman–Crippen LogP) is -0.0906. The minimum atomic E-state index is -2.25. The molecule has 1 N–H and O–H groups in total. The molecule has 1 saturated heterocycles. The van der Waals surface area contributed by atoms with Gasteiger partial charge >= 0.3 is 0 Å². The fourth-order valence-electron chi connectivity index (χ4n) is 3.39. The van der Waals surface area contributed by atoms with Crippen molar-refractivity contribution in [2.24, 2.45) is 0 Å². The largest absolute Gasteiger partial charge is 0.487 e. The highest BCUT2D eigenvalue weighted by atomic mass is 16.5. The lowest BCUT2D eigenvalue weighted by Gasteiger charge is -2.47. The van der Waals surface area contributed by atoms with Crippen LogP contribution in [-0.4, -0.2) is 85.9 Å². The molecule has 0 amide bonds. The van der Waals surface area contributed by atoms with Crippen LogP contribution in [0.25, 0.3) is 10.8 Å². The van der Waals surface area contributed by atoms with Crippen LogP contribution < -0.4 is 4.74 Å². The standard InChI is InChI=1S/C18H18B5NO3/c19-17(20,21)24(18(22,23)25)9-7-13-4-1-3-12-5-2-6-15(16(12)13)27-14-8-10-26-11-14/h1-6,14,25H,7-11H2/t14-/m0/s1. The maximum Gasteiger partial charge on any atom is 0.127 e. The van der Waals surface area contributed by atoms with E-state index in [1.54, 1.807) is 0 Å². The van der Waals surface area contributed by atoms with Crippen LogP contribution in [0.15, 0.2) is 36.4 Å². The molecule has 2 aromatic carbocycles. The first-order valence-corrected chi connectivity index (χ1v) is 8.86. The summed E-state index contributed by atoms with van der Waals surface area (Å²) < 4.78 is 11.6. The lowest BCUT2D eigenvalue weighted by atomic mass is 9.46. The number of aliphatic hydroxyl groups is 1. The van der Waals surface area contributed by atoms with Crippen LogP contribution in [0, 0.1) is 0 Å². The molecule has 1 atom stereocenters. The van der Waals surface area contributed by atoms with E-state index in [4.69, 9.17) is 48.7 Å². The minimum absolute atomic E-state index is 0.0307. The van der Waals surface area contributed by atoms with Gasteiger partial charge < -0.3 is 19.5 Å². The molecule has 0 unspecified atom stereocenters. The van der Waals surface area contributed by atoms with Crippen LogP contribution in [0.2, 0.25) is 0 Å². The molecule has 4 nitrogen and oxygen atoms in total. The van der Waals surface area contributed by atoms with E-state index in [0.717, 1.165) is 33.4 Å². The van der Waals surface area contributed by atoms with Crippen molar-refractivity contribution in [1.82, 2.24) is 4.90 Å². The zero-order chi connectivity index (χ0) is 19.7. The topological polar surface area (TPSA) is 41.9 Å². The summed E-state index contributed by atoms with van der Waals surface area (Å²) in [5, 5.41) is 10.1. The molecular formula is C18H18B5NO3. The second kappa shape index (κ2) is 7.98. The van der Waals surface area contributed by atoms with E-state index < -0.39 is 10.8 Å². The van der Waals surface area contributed by atoms with E-state index in [1.165, 1.54) is 0 Å². The molecule has 1 fully saturated rings. The Morgan fingerprint density at radius 2 is 1.81 bits per heavy atom. The van der Waals surface area contributed by atoms with Crippen LogP contribution in [0.5, 0.6) is 5.75 Å². The molecule has 10 radical (unpaired) electrons. The average Bonchev–Trinajstić information content (AvgIpc) is 3.06. The molecule has 27 heavy (non-hydrogen) atoms. The third kappa shape index (κ3) is 4.95. The molecule has 128 valence electrons. The van der Waals surface area contributed by atoms with E-state index in [-0.39, 0.29) is 12.6 Å².